The highest BCUT2D eigenvalue weighted by Gasteiger charge is 2.25. The van der Waals surface area contributed by atoms with E-state index in [2.05, 4.69) is 38.8 Å². The van der Waals surface area contributed by atoms with E-state index in [1.54, 1.807) is 0 Å². The summed E-state index contributed by atoms with van der Waals surface area (Å²) in [7, 11) is 0. The van der Waals surface area contributed by atoms with Crippen LogP contribution in [0.25, 0.3) is 0 Å². The molecule has 0 N–H and O–H groups in total. The Kier molecular flexibility index (Phi) is 10.5. The first-order valence-electron chi connectivity index (χ1n) is 8.83. The summed E-state index contributed by atoms with van der Waals surface area (Å²) < 4.78 is 0. The van der Waals surface area contributed by atoms with Gasteiger partial charge < -0.3 is 0 Å². The third-order valence-electron chi connectivity index (χ3n) is 3.92. The maximum atomic E-state index is 12.4. The van der Waals surface area contributed by atoms with Gasteiger partial charge in [-0.3, -0.25) is 9.69 Å². The predicted octanol–water partition coefficient (Wildman–Crippen LogP) is 5.48. The summed E-state index contributed by atoms with van der Waals surface area (Å²) in [6, 6.07) is 0.243. The van der Waals surface area contributed by atoms with Crippen LogP contribution in [0.5, 0.6) is 0 Å². The SMILES string of the molecule is CC.CCC(=O)N(C1=C(C)CC=C(CC)C=N1)C(CC)CC. The van der Waals surface area contributed by atoms with E-state index in [0.29, 0.717) is 6.42 Å². The molecular formula is C19H34N2O. The van der Waals surface area contributed by atoms with Gasteiger partial charge in [0.15, 0.2) is 0 Å². The summed E-state index contributed by atoms with van der Waals surface area (Å²) in [6.45, 7) is 14.4. The van der Waals surface area contributed by atoms with Crippen molar-refractivity contribution in [3.8, 4) is 0 Å². The first-order chi connectivity index (χ1) is 10.6. The number of rotatable bonds is 6. The lowest BCUT2D eigenvalue weighted by Crippen LogP contribution is -2.38. The highest BCUT2D eigenvalue weighted by atomic mass is 16.2. The standard InChI is InChI=1S/C17H28N2O.C2H6/c1-6-14-11-10-13(5)17(18-12-14)19(16(20)9-4)15(7-2)8-3;1-2/h11-12,15H,6-10H2,1-5H3;1-2H3. The van der Waals surface area contributed by atoms with Gasteiger partial charge in [-0.2, -0.15) is 0 Å². The number of amides is 1. The Morgan fingerprint density at radius 2 is 1.82 bits per heavy atom. The van der Waals surface area contributed by atoms with Crippen molar-refractivity contribution in [2.24, 2.45) is 4.99 Å². The zero-order chi connectivity index (χ0) is 17.1. The fourth-order valence-electron chi connectivity index (χ4n) is 2.50. The molecule has 0 aromatic heterocycles. The molecule has 0 saturated heterocycles. The van der Waals surface area contributed by atoms with Crippen molar-refractivity contribution in [3.63, 3.8) is 0 Å². The highest BCUT2D eigenvalue weighted by molar-refractivity contribution is 5.82. The molecule has 22 heavy (non-hydrogen) atoms. The number of carbonyl (C=O) groups is 1. The van der Waals surface area contributed by atoms with Crippen LogP contribution in [0.15, 0.2) is 28.0 Å². The van der Waals surface area contributed by atoms with E-state index >= 15 is 0 Å². The lowest BCUT2D eigenvalue weighted by molar-refractivity contribution is -0.131. The number of aliphatic imine (C=N–C) groups is 1. The van der Waals surface area contributed by atoms with Crippen LogP contribution < -0.4 is 0 Å². The maximum absolute atomic E-state index is 12.4. The Morgan fingerprint density at radius 1 is 1.23 bits per heavy atom. The fourth-order valence-corrected chi connectivity index (χ4v) is 2.50. The van der Waals surface area contributed by atoms with E-state index < -0.39 is 0 Å². The number of nitrogens with zero attached hydrogens (tertiary/aromatic N) is 2. The van der Waals surface area contributed by atoms with Gasteiger partial charge in [-0.25, -0.2) is 4.99 Å². The van der Waals surface area contributed by atoms with E-state index in [0.717, 1.165) is 31.5 Å². The third kappa shape index (κ3) is 5.43. The second kappa shape index (κ2) is 11.2. The van der Waals surface area contributed by atoms with Crippen LogP contribution in [0, 0.1) is 0 Å². The fraction of sp³-hybridized carbons (Fsp3) is 0.684. The van der Waals surface area contributed by atoms with Gasteiger partial charge in [-0.05, 0) is 43.8 Å². The molecule has 3 nitrogen and oxygen atoms in total. The van der Waals surface area contributed by atoms with E-state index in [9.17, 15) is 4.79 Å². The summed E-state index contributed by atoms with van der Waals surface area (Å²) in [5.41, 5.74) is 2.42. The topological polar surface area (TPSA) is 32.7 Å². The van der Waals surface area contributed by atoms with Gasteiger partial charge in [0.1, 0.15) is 5.82 Å². The first kappa shape index (κ1) is 20.6. The second-order valence-electron chi connectivity index (χ2n) is 5.29. The quantitative estimate of drug-likeness (QED) is 0.639. The smallest absolute Gasteiger partial charge is 0.228 e. The van der Waals surface area contributed by atoms with E-state index in [-0.39, 0.29) is 11.9 Å². The summed E-state index contributed by atoms with van der Waals surface area (Å²) in [5, 5.41) is 0. The minimum absolute atomic E-state index is 0.171. The molecule has 0 saturated carbocycles. The molecule has 126 valence electrons. The number of hydrogen-bond donors (Lipinski definition) is 0. The molecule has 0 aromatic carbocycles. The Balaban J connectivity index is 0.00000211. The molecule has 3 heteroatoms. The molecule has 0 bridgehead atoms. The van der Waals surface area contributed by atoms with Gasteiger partial charge in [0, 0.05) is 18.7 Å². The molecule has 1 aliphatic rings. The highest BCUT2D eigenvalue weighted by Crippen LogP contribution is 2.25. The van der Waals surface area contributed by atoms with Crippen LogP contribution in [0.4, 0.5) is 0 Å². The molecular weight excluding hydrogens is 272 g/mol. The Hall–Kier alpha value is -1.38. The van der Waals surface area contributed by atoms with Crippen molar-refractivity contribution >= 4 is 12.1 Å². The Bertz CT molecular complexity index is 429. The summed E-state index contributed by atoms with van der Waals surface area (Å²) in [6.07, 6.45) is 8.45. The molecule has 0 atom stereocenters. The van der Waals surface area contributed by atoms with Crippen LogP contribution in [0.3, 0.4) is 0 Å². The molecule has 0 aliphatic carbocycles. The van der Waals surface area contributed by atoms with Gasteiger partial charge in [0.25, 0.3) is 0 Å². The Morgan fingerprint density at radius 3 is 2.27 bits per heavy atom. The molecule has 1 aliphatic heterocycles. The van der Waals surface area contributed by atoms with E-state index in [1.807, 2.05) is 31.9 Å². The van der Waals surface area contributed by atoms with Crippen molar-refractivity contribution in [1.29, 1.82) is 0 Å². The molecule has 0 spiro atoms. The number of hydrogen-bond acceptors (Lipinski definition) is 2. The largest absolute Gasteiger partial charge is 0.294 e. The van der Waals surface area contributed by atoms with Crippen LogP contribution in [0.2, 0.25) is 0 Å². The average molecular weight is 306 g/mol. The van der Waals surface area contributed by atoms with Crippen LogP contribution in [-0.4, -0.2) is 23.1 Å². The summed E-state index contributed by atoms with van der Waals surface area (Å²) in [4.78, 5) is 18.9. The number of carbonyl (C=O) groups excluding carboxylic acids is 1. The predicted molar refractivity (Wildman–Crippen MR) is 97.0 cm³/mol. The lowest BCUT2D eigenvalue weighted by atomic mass is 10.1. The van der Waals surface area contributed by atoms with Crippen molar-refractivity contribution in [2.75, 3.05) is 0 Å². The molecule has 0 aromatic rings. The minimum atomic E-state index is 0.171. The van der Waals surface area contributed by atoms with Gasteiger partial charge in [-0.1, -0.05) is 47.6 Å². The van der Waals surface area contributed by atoms with Crippen LogP contribution >= 0.6 is 0 Å². The van der Waals surface area contributed by atoms with Gasteiger partial charge in [0.05, 0.1) is 0 Å². The summed E-state index contributed by atoms with van der Waals surface area (Å²) >= 11 is 0. The van der Waals surface area contributed by atoms with Gasteiger partial charge >= 0.3 is 0 Å². The monoisotopic (exact) mass is 306 g/mol. The van der Waals surface area contributed by atoms with E-state index in [1.165, 1.54) is 11.1 Å². The molecule has 0 radical (unpaired) electrons. The first-order valence-corrected chi connectivity index (χ1v) is 8.83. The molecule has 1 rings (SSSR count). The van der Waals surface area contributed by atoms with Crippen molar-refractivity contribution in [1.82, 2.24) is 4.90 Å². The zero-order valence-electron chi connectivity index (χ0n) is 15.6. The zero-order valence-corrected chi connectivity index (χ0v) is 15.6. The van der Waals surface area contributed by atoms with Crippen LogP contribution in [0.1, 0.15) is 80.6 Å². The lowest BCUT2D eigenvalue weighted by Gasteiger charge is -2.31. The third-order valence-corrected chi connectivity index (χ3v) is 3.92. The van der Waals surface area contributed by atoms with E-state index in [4.69, 9.17) is 0 Å². The Labute approximate surface area is 137 Å². The average Bonchev–Trinajstić information content (AvgIpc) is 2.75. The molecule has 0 fully saturated rings. The van der Waals surface area contributed by atoms with Gasteiger partial charge in [0.2, 0.25) is 5.91 Å². The van der Waals surface area contributed by atoms with Crippen molar-refractivity contribution in [3.05, 3.63) is 23.0 Å². The number of allylic oxidation sites excluding steroid dienone is 3. The molecule has 1 amide bonds. The normalized spacial score (nSPS) is 14.3. The molecule has 1 heterocycles. The van der Waals surface area contributed by atoms with Crippen molar-refractivity contribution in [2.45, 2.75) is 86.6 Å². The summed E-state index contributed by atoms with van der Waals surface area (Å²) in [5.74, 6) is 1.04. The van der Waals surface area contributed by atoms with Crippen molar-refractivity contribution < 1.29 is 4.79 Å². The second-order valence-corrected chi connectivity index (χ2v) is 5.29. The van der Waals surface area contributed by atoms with Gasteiger partial charge in [-0.15, -0.1) is 0 Å². The maximum Gasteiger partial charge on any atom is 0.228 e. The minimum Gasteiger partial charge on any atom is -0.294 e. The molecule has 0 unspecified atom stereocenters. The van der Waals surface area contributed by atoms with Crippen LogP contribution in [-0.2, 0) is 4.79 Å².